The van der Waals surface area contributed by atoms with Crippen molar-refractivity contribution >= 4 is 5.97 Å². The molecule has 1 aliphatic carbocycles. The molecule has 22 heavy (non-hydrogen) atoms. The molecular formula is C17H29N2O3+. The molecule has 1 aliphatic rings. The number of rotatable bonds is 6. The Labute approximate surface area is 133 Å². The highest BCUT2D eigenvalue weighted by atomic mass is 16.5. The molecule has 0 heterocycles. The van der Waals surface area contributed by atoms with Crippen LogP contribution in [0.5, 0.6) is 0 Å². The number of allylic oxidation sites excluding steroid dienone is 1. The zero-order valence-electron chi connectivity index (χ0n) is 14.2. The Balaban J connectivity index is 2.81. The summed E-state index contributed by atoms with van der Waals surface area (Å²) in [5, 5.41) is 18.9. The molecule has 0 aliphatic heterocycles. The van der Waals surface area contributed by atoms with E-state index in [4.69, 9.17) is 10.1 Å². The average molecular weight is 309 g/mol. The van der Waals surface area contributed by atoms with Crippen LogP contribution < -0.4 is 0 Å². The quantitative estimate of drug-likeness (QED) is 0.331. The molecule has 0 spiro atoms. The summed E-state index contributed by atoms with van der Waals surface area (Å²) < 4.78 is 5.58. The highest BCUT2D eigenvalue weighted by molar-refractivity contribution is 5.90. The van der Waals surface area contributed by atoms with Crippen LogP contribution in [0.3, 0.4) is 0 Å². The van der Waals surface area contributed by atoms with Crippen LogP contribution >= 0.6 is 0 Å². The van der Waals surface area contributed by atoms with Crippen molar-refractivity contribution in [1.29, 1.82) is 5.39 Å². The first-order chi connectivity index (χ1) is 10.4. The zero-order valence-corrected chi connectivity index (χ0v) is 14.2. The molecule has 1 fully saturated rings. The fourth-order valence-electron chi connectivity index (χ4n) is 3.12. The molecule has 0 saturated heterocycles. The molecule has 124 valence electrons. The van der Waals surface area contributed by atoms with Gasteiger partial charge in [0.2, 0.25) is 5.39 Å². The maximum Gasteiger partial charge on any atom is 0.505 e. The first-order valence-corrected chi connectivity index (χ1v) is 8.38. The lowest BCUT2D eigenvalue weighted by Gasteiger charge is -2.36. The van der Waals surface area contributed by atoms with E-state index in [0.29, 0.717) is 24.2 Å². The maximum absolute atomic E-state index is 12.2. The van der Waals surface area contributed by atoms with E-state index >= 15 is 0 Å². The van der Waals surface area contributed by atoms with Gasteiger partial charge in [-0.3, -0.25) is 0 Å². The third-order valence-corrected chi connectivity index (χ3v) is 4.55. The monoisotopic (exact) mass is 309 g/mol. The SMILES string of the molecule is CCCC/C(O)=C(\[N+]#N)C(=O)O[C@H]1C[C@H](C)CC[C@H]1C(C)C. The minimum Gasteiger partial charge on any atom is -0.505 e. The van der Waals surface area contributed by atoms with Gasteiger partial charge >= 0.3 is 11.7 Å². The summed E-state index contributed by atoms with van der Waals surface area (Å²) in [7, 11) is 0. The lowest BCUT2D eigenvalue weighted by molar-refractivity contribution is -0.150. The molecule has 5 heteroatoms. The molecule has 5 nitrogen and oxygen atoms in total. The number of aliphatic hydroxyl groups is 1. The second-order valence-corrected chi connectivity index (χ2v) is 6.77. The standard InChI is InChI=1S/C17H28N2O3/c1-5-6-7-14(20)16(19-18)17(21)22-15-10-12(4)8-9-13(15)11(2)3/h11-13,15H,5-10H2,1-4H3/p+1/t12-,13+,15+/m1/s1. The number of diazo groups is 1. The van der Waals surface area contributed by atoms with Crippen LogP contribution in [0.2, 0.25) is 0 Å². The van der Waals surface area contributed by atoms with Crippen molar-refractivity contribution in [3.63, 3.8) is 0 Å². The number of aliphatic hydroxyl groups excluding tert-OH is 1. The van der Waals surface area contributed by atoms with Crippen LogP contribution in [0.4, 0.5) is 0 Å². The van der Waals surface area contributed by atoms with Crippen molar-refractivity contribution < 1.29 is 14.6 Å². The van der Waals surface area contributed by atoms with Crippen LogP contribution in [0.25, 0.3) is 4.98 Å². The minimum absolute atomic E-state index is 0.174. The van der Waals surface area contributed by atoms with E-state index in [2.05, 4.69) is 25.7 Å². The molecular weight excluding hydrogens is 280 g/mol. The second kappa shape index (κ2) is 8.77. The van der Waals surface area contributed by atoms with Gasteiger partial charge in [-0.15, -0.1) is 0 Å². The van der Waals surface area contributed by atoms with Gasteiger partial charge in [0.05, 0.1) is 0 Å². The van der Waals surface area contributed by atoms with Gasteiger partial charge in [-0.1, -0.05) is 40.5 Å². The topological polar surface area (TPSA) is 74.7 Å². The summed E-state index contributed by atoms with van der Waals surface area (Å²) in [4.78, 5) is 15.2. The summed E-state index contributed by atoms with van der Waals surface area (Å²) >= 11 is 0. The van der Waals surface area contributed by atoms with E-state index in [-0.39, 0.29) is 17.6 Å². The Morgan fingerprint density at radius 1 is 1.41 bits per heavy atom. The molecule has 0 radical (unpaired) electrons. The van der Waals surface area contributed by atoms with Crippen molar-refractivity contribution in [2.75, 3.05) is 0 Å². The first kappa shape index (κ1) is 18.5. The van der Waals surface area contributed by atoms with E-state index in [1.807, 2.05) is 6.92 Å². The van der Waals surface area contributed by atoms with E-state index < -0.39 is 5.97 Å². The van der Waals surface area contributed by atoms with Crippen molar-refractivity contribution in [1.82, 2.24) is 0 Å². The fraction of sp³-hybridized carbons (Fsp3) is 0.824. The molecule has 0 aromatic heterocycles. The smallest absolute Gasteiger partial charge is 0.505 e. The van der Waals surface area contributed by atoms with E-state index in [9.17, 15) is 9.90 Å². The van der Waals surface area contributed by atoms with Gasteiger partial charge < -0.3 is 9.84 Å². The molecule has 1 saturated carbocycles. The first-order valence-electron chi connectivity index (χ1n) is 8.38. The Morgan fingerprint density at radius 3 is 2.64 bits per heavy atom. The number of esters is 1. The minimum atomic E-state index is -0.721. The van der Waals surface area contributed by atoms with Crippen LogP contribution in [-0.4, -0.2) is 17.2 Å². The van der Waals surface area contributed by atoms with E-state index in [1.165, 1.54) is 0 Å². The van der Waals surface area contributed by atoms with Gasteiger partial charge in [0.15, 0.2) is 10.7 Å². The Bertz CT molecular complexity index is 451. The maximum atomic E-state index is 12.2. The van der Waals surface area contributed by atoms with Gasteiger partial charge in [-0.05, 0) is 37.0 Å². The number of ether oxygens (including phenoxy) is 1. The third-order valence-electron chi connectivity index (χ3n) is 4.55. The number of nitrogens with zero attached hydrogens (tertiary/aromatic N) is 2. The number of carbonyl (C=O) groups excluding carboxylic acids is 1. The molecule has 0 bridgehead atoms. The summed E-state index contributed by atoms with van der Waals surface area (Å²) in [6, 6.07) is 0. The average Bonchev–Trinajstić information content (AvgIpc) is 2.45. The summed E-state index contributed by atoms with van der Waals surface area (Å²) in [5.74, 6) is 0.343. The molecule has 1 rings (SSSR count). The van der Waals surface area contributed by atoms with Crippen LogP contribution in [0.1, 0.15) is 66.2 Å². The predicted molar refractivity (Wildman–Crippen MR) is 85.5 cm³/mol. The largest absolute Gasteiger partial charge is 0.505 e. The van der Waals surface area contributed by atoms with Crippen molar-refractivity contribution in [2.45, 2.75) is 72.3 Å². The zero-order chi connectivity index (χ0) is 16.7. The van der Waals surface area contributed by atoms with Gasteiger partial charge in [0, 0.05) is 6.42 Å². The molecule has 0 aromatic carbocycles. The number of unbranched alkanes of at least 4 members (excludes halogenated alkanes) is 1. The lowest BCUT2D eigenvalue weighted by atomic mass is 9.75. The molecule has 1 N–H and O–H groups in total. The van der Waals surface area contributed by atoms with Crippen molar-refractivity contribution in [3.8, 4) is 0 Å². The summed E-state index contributed by atoms with van der Waals surface area (Å²) in [5.41, 5.74) is -0.353. The van der Waals surface area contributed by atoms with Crippen molar-refractivity contribution in [3.05, 3.63) is 16.4 Å². The normalized spacial score (nSPS) is 26.3. The Hall–Kier alpha value is -1.57. The Morgan fingerprint density at radius 2 is 2.09 bits per heavy atom. The molecule has 0 unspecified atom stereocenters. The van der Waals surface area contributed by atoms with Crippen molar-refractivity contribution in [2.24, 2.45) is 17.8 Å². The summed E-state index contributed by atoms with van der Waals surface area (Å²) in [6.45, 7) is 8.40. The van der Waals surface area contributed by atoms with E-state index in [1.54, 1.807) is 0 Å². The third kappa shape index (κ3) is 5.01. The lowest BCUT2D eigenvalue weighted by Crippen LogP contribution is -2.36. The van der Waals surface area contributed by atoms with Crippen LogP contribution in [0, 0.1) is 23.1 Å². The number of hydrogen-bond donors (Lipinski definition) is 1. The summed E-state index contributed by atoms with van der Waals surface area (Å²) in [6.07, 6.45) is 4.76. The van der Waals surface area contributed by atoms with Crippen LogP contribution in [0.15, 0.2) is 11.5 Å². The molecule has 0 amide bonds. The molecule has 0 aromatic rings. The Kier molecular flexibility index (Phi) is 7.37. The van der Waals surface area contributed by atoms with Gasteiger partial charge in [-0.25, -0.2) is 4.79 Å². The van der Waals surface area contributed by atoms with Gasteiger partial charge in [0.25, 0.3) is 0 Å². The van der Waals surface area contributed by atoms with Crippen LogP contribution in [-0.2, 0) is 9.53 Å². The highest BCUT2D eigenvalue weighted by Crippen LogP contribution is 2.35. The number of carbonyl (C=O) groups is 1. The predicted octanol–water partition coefficient (Wildman–Crippen LogP) is 4.80. The van der Waals surface area contributed by atoms with Gasteiger partial charge in [0.1, 0.15) is 6.10 Å². The van der Waals surface area contributed by atoms with E-state index in [0.717, 1.165) is 32.1 Å². The number of hydrogen-bond acceptors (Lipinski definition) is 4. The van der Waals surface area contributed by atoms with Gasteiger partial charge in [-0.2, -0.15) is 0 Å². The fourth-order valence-corrected chi connectivity index (χ4v) is 3.12. The second-order valence-electron chi connectivity index (χ2n) is 6.77. The highest BCUT2D eigenvalue weighted by Gasteiger charge is 2.38. The molecule has 3 atom stereocenters.